The molecule has 0 aromatic carbocycles. The number of rotatable bonds is 9. The first-order valence-electron chi connectivity index (χ1n) is 14.1. The van der Waals surface area contributed by atoms with Crippen LogP contribution in [0.5, 0.6) is 0 Å². The Balaban J connectivity index is 2.48. The number of ether oxygens (including phenoxy) is 5. The molecule has 41 heavy (non-hydrogen) atoms. The van der Waals surface area contributed by atoms with Gasteiger partial charge in [-0.3, -0.25) is 4.79 Å². The van der Waals surface area contributed by atoms with E-state index in [2.05, 4.69) is 6.58 Å². The van der Waals surface area contributed by atoms with E-state index in [-0.39, 0.29) is 24.9 Å². The number of cyclic esters (lactones) is 1. The van der Waals surface area contributed by atoms with Crippen LogP contribution >= 0.6 is 0 Å². The molecule has 0 aliphatic carbocycles. The van der Waals surface area contributed by atoms with Gasteiger partial charge < -0.3 is 38.5 Å². The highest BCUT2D eigenvalue weighted by Gasteiger charge is 2.48. The van der Waals surface area contributed by atoms with Gasteiger partial charge in [0, 0.05) is 31.9 Å². The standard InChI is InChI=1S/C31H47NO9/c1-8-18-38-29-22(4)40-31(28(36)27(29)32(5)6)41-30-23(16-17-33)19-20(2)24(34)13-11-9-10-12-21(3)39-26(35)15-14-25(30)37-7/h8-11,13-15,17,20-23,25,27-31,36H,1,12,16,18-19H2,2-7H3/t20-,21-,22?,23+,25+,27?,28?,29?,30+,31?/m1/s1. The van der Waals surface area contributed by atoms with E-state index in [0.717, 1.165) is 6.29 Å². The van der Waals surface area contributed by atoms with Crippen molar-refractivity contribution in [3.63, 3.8) is 0 Å². The molecule has 0 aromatic heterocycles. The maximum absolute atomic E-state index is 12.9. The largest absolute Gasteiger partial charge is 0.459 e. The minimum absolute atomic E-state index is 0.0572. The predicted molar refractivity (Wildman–Crippen MR) is 154 cm³/mol. The second-order valence-corrected chi connectivity index (χ2v) is 10.9. The van der Waals surface area contributed by atoms with Crippen LogP contribution in [0.4, 0.5) is 0 Å². The number of hydrogen-bond donors (Lipinski definition) is 1. The van der Waals surface area contributed by atoms with Crippen molar-refractivity contribution in [2.45, 2.75) is 89.0 Å². The molecule has 0 amide bonds. The number of carbonyl (C=O) groups is 3. The molecule has 2 heterocycles. The van der Waals surface area contributed by atoms with Gasteiger partial charge in [-0.15, -0.1) is 6.58 Å². The smallest absolute Gasteiger partial charge is 0.330 e. The summed E-state index contributed by atoms with van der Waals surface area (Å²) in [5.74, 6) is -1.59. The molecule has 1 saturated heterocycles. The van der Waals surface area contributed by atoms with Gasteiger partial charge in [0.15, 0.2) is 12.1 Å². The molecule has 0 bridgehead atoms. The first-order chi connectivity index (χ1) is 19.5. The van der Waals surface area contributed by atoms with Crippen molar-refractivity contribution in [3.8, 4) is 0 Å². The van der Waals surface area contributed by atoms with Gasteiger partial charge in [-0.25, -0.2) is 4.79 Å². The van der Waals surface area contributed by atoms with Crippen LogP contribution in [0.15, 0.2) is 49.1 Å². The van der Waals surface area contributed by atoms with Gasteiger partial charge in [-0.1, -0.05) is 31.2 Å². The highest BCUT2D eigenvalue weighted by molar-refractivity contribution is 5.91. The Bertz CT molecular complexity index is 946. The number of aliphatic hydroxyl groups excluding tert-OH is 1. The Morgan fingerprint density at radius 2 is 1.88 bits per heavy atom. The lowest BCUT2D eigenvalue weighted by Gasteiger charge is -2.47. The Kier molecular flexibility index (Phi) is 14.8. The fourth-order valence-corrected chi connectivity index (χ4v) is 5.24. The number of esters is 1. The van der Waals surface area contributed by atoms with E-state index in [1.807, 2.05) is 32.0 Å². The van der Waals surface area contributed by atoms with Crippen LogP contribution < -0.4 is 0 Å². The van der Waals surface area contributed by atoms with Crippen molar-refractivity contribution in [2.75, 3.05) is 27.8 Å². The maximum atomic E-state index is 12.9. The minimum Gasteiger partial charge on any atom is -0.459 e. The Labute approximate surface area is 244 Å². The number of aliphatic hydroxyl groups is 1. The topological polar surface area (TPSA) is 121 Å². The predicted octanol–water partition coefficient (Wildman–Crippen LogP) is 2.80. The first kappa shape index (κ1) is 34.7. The Morgan fingerprint density at radius 1 is 1.15 bits per heavy atom. The van der Waals surface area contributed by atoms with Gasteiger partial charge in [0.2, 0.25) is 0 Å². The van der Waals surface area contributed by atoms with Gasteiger partial charge in [0.25, 0.3) is 0 Å². The molecule has 230 valence electrons. The summed E-state index contributed by atoms with van der Waals surface area (Å²) in [6.45, 7) is 9.38. The molecule has 10 heteroatoms. The molecule has 1 N–H and O–H groups in total. The van der Waals surface area contributed by atoms with Crippen molar-refractivity contribution in [1.82, 2.24) is 4.90 Å². The normalized spacial score (nSPS) is 35.8. The van der Waals surface area contributed by atoms with Gasteiger partial charge in [-0.2, -0.15) is 0 Å². The quantitative estimate of drug-likeness (QED) is 0.249. The SMILES string of the molecule is C=CCOC1C(C)OC(O[C@H]2[C@@H](CC=O)C[C@@H](C)C(=O)C=CC=CC[C@@H](C)OC(=O)C=C[C@@H]2OC)C(O)C1N(C)C. The number of hydrogen-bond acceptors (Lipinski definition) is 10. The molecule has 0 aromatic rings. The zero-order valence-corrected chi connectivity index (χ0v) is 25.1. The zero-order valence-electron chi connectivity index (χ0n) is 25.1. The summed E-state index contributed by atoms with van der Waals surface area (Å²) < 4.78 is 29.7. The van der Waals surface area contributed by atoms with E-state index in [4.69, 9.17) is 23.7 Å². The number of carbonyl (C=O) groups excluding carboxylic acids is 3. The fraction of sp³-hybridized carbons (Fsp3) is 0.645. The zero-order chi connectivity index (χ0) is 30.5. The number of allylic oxidation sites excluding steroid dienone is 3. The molecule has 5 unspecified atom stereocenters. The lowest BCUT2D eigenvalue weighted by molar-refractivity contribution is -0.307. The van der Waals surface area contributed by atoms with E-state index in [1.165, 1.54) is 25.3 Å². The molecular weight excluding hydrogens is 530 g/mol. The van der Waals surface area contributed by atoms with Gasteiger partial charge >= 0.3 is 5.97 Å². The van der Waals surface area contributed by atoms with E-state index in [1.54, 1.807) is 32.1 Å². The highest BCUT2D eigenvalue weighted by Crippen LogP contribution is 2.32. The fourth-order valence-electron chi connectivity index (χ4n) is 5.24. The number of likely N-dealkylation sites (N-methyl/N-ethyl adjacent to an activating group) is 1. The minimum atomic E-state index is -1.13. The number of ketones is 1. The van der Waals surface area contributed by atoms with Crippen LogP contribution in [0.3, 0.4) is 0 Å². The summed E-state index contributed by atoms with van der Waals surface area (Å²) in [6, 6.07) is -0.480. The Morgan fingerprint density at radius 3 is 2.51 bits per heavy atom. The third kappa shape index (κ3) is 10.4. The van der Waals surface area contributed by atoms with E-state index in [0.29, 0.717) is 12.8 Å². The van der Waals surface area contributed by atoms with Crippen molar-refractivity contribution in [3.05, 3.63) is 49.1 Å². The monoisotopic (exact) mass is 577 g/mol. The van der Waals surface area contributed by atoms with E-state index in [9.17, 15) is 19.5 Å². The Hall–Kier alpha value is -2.47. The highest BCUT2D eigenvalue weighted by atomic mass is 16.7. The van der Waals surface area contributed by atoms with Crippen LogP contribution in [0.2, 0.25) is 0 Å². The van der Waals surface area contributed by atoms with Gasteiger partial charge in [0.05, 0.1) is 24.9 Å². The molecule has 2 rings (SSSR count). The first-order valence-corrected chi connectivity index (χ1v) is 14.1. The number of nitrogens with zero attached hydrogens (tertiary/aromatic N) is 1. The van der Waals surface area contributed by atoms with E-state index < -0.39 is 60.7 Å². The summed E-state index contributed by atoms with van der Waals surface area (Å²) >= 11 is 0. The molecule has 2 aliphatic heterocycles. The summed E-state index contributed by atoms with van der Waals surface area (Å²) in [5, 5.41) is 11.4. The van der Waals surface area contributed by atoms with E-state index >= 15 is 0 Å². The van der Waals surface area contributed by atoms with Gasteiger partial charge in [0.1, 0.15) is 30.7 Å². The molecule has 10 atom stereocenters. The summed E-state index contributed by atoms with van der Waals surface area (Å²) in [6.07, 6.45) is 7.49. The average molecular weight is 578 g/mol. The average Bonchev–Trinajstić information content (AvgIpc) is 2.92. The van der Waals surface area contributed by atoms with Crippen LogP contribution in [0.25, 0.3) is 0 Å². The van der Waals surface area contributed by atoms with Crippen molar-refractivity contribution in [2.24, 2.45) is 11.8 Å². The summed E-state index contributed by atoms with van der Waals surface area (Å²) in [4.78, 5) is 39.1. The van der Waals surface area contributed by atoms with Crippen LogP contribution in [0, 0.1) is 11.8 Å². The third-order valence-electron chi connectivity index (χ3n) is 7.39. The summed E-state index contributed by atoms with van der Waals surface area (Å²) in [7, 11) is 5.12. The molecule has 0 radical (unpaired) electrons. The molecule has 1 fully saturated rings. The summed E-state index contributed by atoms with van der Waals surface area (Å²) in [5.41, 5.74) is 0. The second kappa shape index (κ2) is 17.5. The third-order valence-corrected chi connectivity index (χ3v) is 7.39. The number of aldehydes is 1. The van der Waals surface area contributed by atoms with Crippen LogP contribution in [0.1, 0.15) is 40.0 Å². The van der Waals surface area contributed by atoms with Crippen molar-refractivity contribution in [1.29, 1.82) is 0 Å². The maximum Gasteiger partial charge on any atom is 0.330 e. The molecular formula is C31H47NO9. The number of methoxy groups -OCH3 is 1. The van der Waals surface area contributed by atoms with Crippen LogP contribution in [-0.2, 0) is 38.1 Å². The van der Waals surface area contributed by atoms with Crippen molar-refractivity contribution < 1.29 is 43.2 Å². The second-order valence-electron chi connectivity index (χ2n) is 10.9. The van der Waals surface area contributed by atoms with Crippen molar-refractivity contribution >= 4 is 18.0 Å². The van der Waals surface area contributed by atoms with Gasteiger partial charge in [-0.05, 0) is 52.4 Å². The lowest BCUT2D eigenvalue weighted by Crippen LogP contribution is -2.64. The molecule has 10 nitrogen and oxygen atoms in total. The van der Waals surface area contributed by atoms with Crippen LogP contribution in [-0.4, -0.2) is 105 Å². The molecule has 0 spiro atoms. The molecule has 0 saturated carbocycles. The molecule has 2 aliphatic rings. The lowest BCUT2D eigenvalue weighted by atomic mass is 9.84.